The van der Waals surface area contributed by atoms with E-state index in [0.717, 1.165) is 12.8 Å². The van der Waals surface area contributed by atoms with Crippen LogP contribution >= 0.6 is 0 Å². The van der Waals surface area contributed by atoms with E-state index in [1.165, 1.54) is 0 Å². The molecule has 0 aliphatic heterocycles. The summed E-state index contributed by atoms with van der Waals surface area (Å²) in [4.78, 5) is 11.2. The summed E-state index contributed by atoms with van der Waals surface area (Å²) in [7, 11) is -3.00. The second kappa shape index (κ2) is 5.63. The van der Waals surface area contributed by atoms with Gasteiger partial charge in [0.15, 0.2) is 9.84 Å². The zero-order chi connectivity index (χ0) is 12.2. The number of rotatable bonds is 7. The third-order valence-electron chi connectivity index (χ3n) is 2.51. The van der Waals surface area contributed by atoms with E-state index in [1.807, 2.05) is 0 Å². The van der Waals surface area contributed by atoms with Crippen LogP contribution in [0, 0.1) is 0 Å². The lowest BCUT2D eigenvalue weighted by Gasteiger charge is -2.08. The van der Waals surface area contributed by atoms with E-state index in [-0.39, 0.29) is 23.5 Å². The highest BCUT2D eigenvalue weighted by Gasteiger charge is 2.22. The molecule has 1 aliphatic rings. The lowest BCUT2D eigenvalue weighted by molar-refractivity contribution is -0.120. The zero-order valence-corrected chi connectivity index (χ0v) is 10.6. The minimum absolute atomic E-state index is 0.0514. The lowest BCUT2D eigenvalue weighted by atomic mass is 10.5. The summed E-state index contributed by atoms with van der Waals surface area (Å²) < 4.78 is 22.8. The summed E-state index contributed by atoms with van der Waals surface area (Å²) in [6, 6.07) is 0.355. The molecule has 0 heterocycles. The third-order valence-corrected chi connectivity index (χ3v) is 4.72. The summed E-state index contributed by atoms with van der Waals surface area (Å²) in [5.41, 5.74) is 0. The van der Waals surface area contributed by atoms with Gasteiger partial charge in [0.05, 0.1) is 17.5 Å². The van der Waals surface area contributed by atoms with Gasteiger partial charge in [-0.25, -0.2) is 8.42 Å². The van der Waals surface area contributed by atoms with Crippen molar-refractivity contribution in [2.24, 2.45) is 0 Å². The highest BCUT2D eigenvalue weighted by atomic mass is 32.2. The molecule has 0 spiro atoms. The largest absolute Gasteiger partial charge is 0.352 e. The molecule has 2 N–H and O–H groups in total. The van der Waals surface area contributed by atoms with Crippen molar-refractivity contribution in [3.63, 3.8) is 0 Å². The highest BCUT2D eigenvalue weighted by Crippen LogP contribution is 2.18. The molecule has 0 radical (unpaired) electrons. The molecule has 1 aliphatic carbocycles. The molecule has 1 fully saturated rings. The van der Waals surface area contributed by atoms with Gasteiger partial charge in [-0.2, -0.15) is 0 Å². The molecule has 0 aromatic heterocycles. The normalized spacial score (nSPS) is 16.4. The van der Waals surface area contributed by atoms with E-state index >= 15 is 0 Å². The second-order valence-electron chi connectivity index (χ2n) is 4.43. The van der Waals surface area contributed by atoms with Gasteiger partial charge in [-0.3, -0.25) is 4.79 Å². The minimum atomic E-state index is -3.00. The number of amides is 1. The van der Waals surface area contributed by atoms with Crippen molar-refractivity contribution in [2.75, 3.05) is 18.8 Å². The molecule has 1 amide bonds. The van der Waals surface area contributed by atoms with Gasteiger partial charge in [-0.1, -0.05) is 0 Å². The Balaban J connectivity index is 2.08. The molecule has 0 atom stereocenters. The summed E-state index contributed by atoms with van der Waals surface area (Å²) >= 11 is 0. The first-order chi connectivity index (χ1) is 7.42. The molecule has 1 saturated carbocycles. The standard InChI is InChI=1S/C10H20N2O3S/c1-8(2)16(14,15)6-5-11-7-10(13)12-9-3-4-9/h8-9,11H,3-7H2,1-2H3,(H,12,13). The molecule has 6 heteroatoms. The maximum absolute atomic E-state index is 11.4. The van der Waals surface area contributed by atoms with Crippen LogP contribution in [0.4, 0.5) is 0 Å². The van der Waals surface area contributed by atoms with Crippen LogP contribution in [0.25, 0.3) is 0 Å². The van der Waals surface area contributed by atoms with Crippen molar-refractivity contribution in [3.8, 4) is 0 Å². The molecule has 0 aromatic rings. The molecule has 0 aromatic carbocycles. The van der Waals surface area contributed by atoms with E-state index < -0.39 is 9.84 Å². The van der Waals surface area contributed by atoms with Gasteiger partial charge in [-0.05, 0) is 26.7 Å². The van der Waals surface area contributed by atoms with Crippen LogP contribution in [0.3, 0.4) is 0 Å². The SMILES string of the molecule is CC(C)S(=O)(=O)CCNCC(=O)NC1CC1. The predicted molar refractivity (Wildman–Crippen MR) is 63.0 cm³/mol. The Bertz CT molecular complexity index is 334. The van der Waals surface area contributed by atoms with Crippen LogP contribution in [0.1, 0.15) is 26.7 Å². The molecule has 16 heavy (non-hydrogen) atoms. The minimum Gasteiger partial charge on any atom is -0.352 e. The first-order valence-corrected chi connectivity index (χ1v) is 7.35. The van der Waals surface area contributed by atoms with Crippen molar-refractivity contribution in [2.45, 2.75) is 38.0 Å². The van der Waals surface area contributed by atoms with Crippen LogP contribution in [0.2, 0.25) is 0 Å². The number of nitrogens with one attached hydrogen (secondary N) is 2. The van der Waals surface area contributed by atoms with Gasteiger partial charge >= 0.3 is 0 Å². The summed E-state index contributed by atoms with van der Waals surface area (Å²) in [6.45, 7) is 3.85. The van der Waals surface area contributed by atoms with Gasteiger partial charge in [0.1, 0.15) is 0 Å². The van der Waals surface area contributed by atoms with Gasteiger partial charge in [0.25, 0.3) is 0 Å². The van der Waals surface area contributed by atoms with Gasteiger partial charge in [0, 0.05) is 12.6 Å². The second-order valence-corrected chi connectivity index (χ2v) is 7.11. The molecule has 5 nitrogen and oxygen atoms in total. The van der Waals surface area contributed by atoms with E-state index in [2.05, 4.69) is 10.6 Å². The monoisotopic (exact) mass is 248 g/mol. The first kappa shape index (κ1) is 13.4. The Morgan fingerprint density at radius 1 is 1.38 bits per heavy atom. The fraction of sp³-hybridized carbons (Fsp3) is 0.900. The molecule has 94 valence electrons. The van der Waals surface area contributed by atoms with Crippen molar-refractivity contribution in [1.29, 1.82) is 0 Å². The number of sulfone groups is 1. The van der Waals surface area contributed by atoms with Crippen molar-refractivity contribution < 1.29 is 13.2 Å². The van der Waals surface area contributed by atoms with Gasteiger partial charge < -0.3 is 10.6 Å². The van der Waals surface area contributed by atoms with Gasteiger partial charge in [0.2, 0.25) is 5.91 Å². The average molecular weight is 248 g/mol. The summed E-state index contributed by atoms with van der Waals surface area (Å²) in [6.07, 6.45) is 2.13. The number of hydrogen-bond acceptors (Lipinski definition) is 4. The maximum Gasteiger partial charge on any atom is 0.234 e. The summed E-state index contributed by atoms with van der Waals surface area (Å²) in [5.74, 6) is 0.0333. The van der Waals surface area contributed by atoms with Crippen LogP contribution in [-0.4, -0.2) is 44.5 Å². The smallest absolute Gasteiger partial charge is 0.234 e. The van der Waals surface area contributed by atoms with Crippen LogP contribution < -0.4 is 10.6 Å². The zero-order valence-electron chi connectivity index (χ0n) is 9.82. The number of hydrogen-bond donors (Lipinski definition) is 2. The van der Waals surface area contributed by atoms with Crippen LogP contribution in [0.15, 0.2) is 0 Å². The van der Waals surface area contributed by atoms with E-state index in [9.17, 15) is 13.2 Å². The Labute approximate surface area is 96.9 Å². The molecule has 0 bridgehead atoms. The average Bonchev–Trinajstić information content (AvgIpc) is 2.96. The Hall–Kier alpha value is -0.620. The summed E-state index contributed by atoms with van der Waals surface area (Å²) in [5, 5.41) is 5.31. The molecule has 0 saturated heterocycles. The Morgan fingerprint density at radius 3 is 2.50 bits per heavy atom. The van der Waals surface area contributed by atoms with Crippen molar-refractivity contribution in [1.82, 2.24) is 10.6 Å². The Morgan fingerprint density at radius 2 is 2.00 bits per heavy atom. The van der Waals surface area contributed by atoms with Crippen LogP contribution in [-0.2, 0) is 14.6 Å². The fourth-order valence-electron chi connectivity index (χ4n) is 1.16. The molecule has 1 rings (SSSR count). The number of carbonyl (C=O) groups is 1. The van der Waals surface area contributed by atoms with Crippen LogP contribution in [0.5, 0.6) is 0 Å². The van der Waals surface area contributed by atoms with Crippen molar-refractivity contribution >= 4 is 15.7 Å². The molecule has 0 unspecified atom stereocenters. The molecular formula is C10H20N2O3S. The first-order valence-electron chi connectivity index (χ1n) is 5.63. The fourth-order valence-corrected chi connectivity index (χ4v) is 2.06. The maximum atomic E-state index is 11.4. The molecular weight excluding hydrogens is 228 g/mol. The predicted octanol–water partition coefficient (Wildman–Crippen LogP) is -0.322. The quantitative estimate of drug-likeness (QED) is 0.605. The Kier molecular flexibility index (Phi) is 4.73. The van der Waals surface area contributed by atoms with Crippen molar-refractivity contribution in [3.05, 3.63) is 0 Å². The van der Waals surface area contributed by atoms with E-state index in [0.29, 0.717) is 12.6 Å². The van der Waals surface area contributed by atoms with E-state index in [4.69, 9.17) is 0 Å². The number of carbonyl (C=O) groups excluding carboxylic acids is 1. The topological polar surface area (TPSA) is 75.3 Å². The van der Waals surface area contributed by atoms with E-state index in [1.54, 1.807) is 13.8 Å². The lowest BCUT2D eigenvalue weighted by Crippen LogP contribution is -2.37. The third kappa shape index (κ3) is 4.94. The van der Waals surface area contributed by atoms with Gasteiger partial charge in [-0.15, -0.1) is 0 Å². The highest BCUT2D eigenvalue weighted by molar-refractivity contribution is 7.92.